The monoisotopic (exact) mass is 797 g/mol. The number of aryl methyl sites for hydroxylation is 1. The maximum absolute atomic E-state index is 5.16. The zero-order valence-corrected chi connectivity index (χ0v) is 34.5. The molecule has 0 spiro atoms. The fraction of sp³-hybridized carbons (Fsp3) is 0.0182. The normalized spacial score (nSPS) is 12.0. The second-order valence-corrected chi connectivity index (χ2v) is 19.7. The van der Waals surface area contributed by atoms with E-state index in [1.807, 2.05) is 12.3 Å². The van der Waals surface area contributed by atoms with Crippen LogP contribution in [0.15, 0.2) is 219 Å². The van der Waals surface area contributed by atoms with Gasteiger partial charge in [-0.3, -0.25) is 4.57 Å². The number of hydrogen-bond acceptors (Lipinski definition) is 2. The molecule has 0 atom stereocenters. The molecule has 0 fully saturated rings. The zero-order chi connectivity index (χ0) is 40.5. The molecular formula is C55H39N5Si. The van der Waals surface area contributed by atoms with Gasteiger partial charge in [0.25, 0.3) is 0 Å². The molecule has 61 heavy (non-hydrogen) atoms. The average molecular weight is 798 g/mol. The summed E-state index contributed by atoms with van der Waals surface area (Å²) < 4.78 is 7.00. The quantitative estimate of drug-likeness (QED) is 0.119. The Morgan fingerprint density at radius 2 is 0.984 bits per heavy atom. The third-order valence-corrected chi connectivity index (χ3v) is 17.4. The third-order valence-electron chi connectivity index (χ3n) is 12.6. The minimum absolute atomic E-state index is 0.886. The average Bonchev–Trinajstić information content (AvgIpc) is 3.96. The molecule has 0 aliphatic carbocycles. The Morgan fingerprint density at radius 3 is 1.70 bits per heavy atom. The lowest BCUT2D eigenvalue weighted by Gasteiger charge is -2.34. The molecule has 12 aromatic rings. The molecule has 6 heteroatoms. The number of rotatable bonds is 7. The second-order valence-electron chi connectivity index (χ2n) is 15.9. The molecule has 0 bridgehead atoms. The highest BCUT2D eigenvalue weighted by Gasteiger charge is 2.42. The van der Waals surface area contributed by atoms with Crippen molar-refractivity contribution in [2.24, 2.45) is 7.05 Å². The molecule has 4 heterocycles. The minimum Gasteiger partial charge on any atom is -0.327 e. The number of imidazole rings is 1. The predicted octanol–water partition coefficient (Wildman–Crippen LogP) is 10.2. The van der Waals surface area contributed by atoms with Crippen LogP contribution in [-0.4, -0.2) is 31.7 Å². The standard InChI is InChI=1S/C55H39N5Si/c1-58-50-29-14-12-27-48(50)57-55(58)38-18-17-25-42(34-38)61(40-21-7-3-8-22-40,41-23-9-4-10-24-41)43-31-32-45-47-36-46-44-26-11-13-28-49(44)59(39-19-5-2-6-20-39)52(46)37-53(47)60(51(45)35-43)54-30-15-16-33-56-54/h2-37H,1H3. The highest BCUT2D eigenvalue weighted by atomic mass is 28.3. The number of nitrogens with zero attached hydrogens (tertiary/aromatic N) is 5. The van der Waals surface area contributed by atoms with Crippen molar-refractivity contribution in [1.29, 1.82) is 0 Å². The van der Waals surface area contributed by atoms with Gasteiger partial charge in [-0.2, -0.15) is 0 Å². The highest BCUT2D eigenvalue weighted by molar-refractivity contribution is 7.20. The largest absolute Gasteiger partial charge is 0.327 e. The van der Waals surface area contributed by atoms with E-state index in [2.05, 4.69) is 227 Å². The molecule has 0 unspecified atom stereocenters. The first-order chi connectivity index (χ1) is 30.2. The Balaban J connectivity index is 1.18. The third kappa shape index (κ3) is 5.32. The van der Waals surface area contributed by atoms with E-state index in [0.717, 1.165) is 50.5 Å². The van der Waals surface area contributed by atoms with Crippen LogP contribution < -0.4 is 20.7 Å². The van der Waals surface area contributed by atoms with Gasteiger partial charge in [-0.1, -0.05) is 152 Å². The lowest BCUT2D eigenvalue weighted by molar-refractivity contribution is 0.959. The highest BCUT2D eigenvalue weighted by Crippen LogP contribution is 2.39. The van der Waals surface area contributed by atoms with Crippen molar-refractivity contribution in [3.05, 3.63) is 219 Å². The van der Waals surface area contributed by atoms with Crippen LogP contribution in [0.3, 0.4) is 0 Å². The zero-order valence-electron chi connectivity index (χ0n) is 33.5. The summed E-state index contributed by atoms with van der Waals surface area (Å²) in [4.78, 5) is 10.2. The summed E-state index contributed by atoms with van der Waals surface area (Å²) in [5, 5.41) is 10.1. The maximum atomic E-state index is 5.16. The molecule has 12 rings (SSSR count). The first-order valence-electron chi connectivity index (χ1n) is 20.8. The second kappa shape index (κ2) is 13.9. The van der Waals surface area contributed by atoms with Crippen LogP contribution >= 0.6 is 0 Å². The fourth-order valence-corrected chi connectivity index (χ4v) is 14.8. The molecule has 0 radical (unpaired) electrons. The molecule has 5 nitrogen and oxygen atoms in total. The van der Waals surface area contributed by atoms with Crippen molar-refractivity contribution in [2.75, 3.05) is 0 Å². The van der Waals surface area contributed by atoms with Gasteiger partial charge in [0.2, 0.25) is 0 Å². The summed E-state index contributed by atoms with van der Waals surface area (Å²) in [6, 6.07) is 77.6. The van der Waals surface area contributed by atoms with Crippen molar-refractivity contribution < 1.29 is 0 Å². The Labute approximate surface area is 354 Å². The molecule has 4 aromatic heterocycles. The summed E-state index contributed by atoms with van der Waals surface area (Å²) in [5.41, 5.74) is 8.95. The topological polar surface area (TPSA) is 40.6 Å². The molecule has 8 aromatic carbocycles. The van der Waals surface area contributed by atoms with Crippen LogP contribution in [0.4, 0.5) is 0 Å². The van der Waals surface area contributed by atoms with E-state index in [1.54, 1.807) is 0 Å². The van der Waals surface area contributed by atoms with E-state index in [4.69, 9.17) is 9.97 Å². The van der Waals surface area contributed by atoms with Gasteiger partial charge in [-0.25, -0.2) is 9.97 Å². The van der Waals surface area contributed by atoms with Gasteiger partial charge in [0.05, 0.1) is 33.1 Å². The smallest absolute Gasteiger partial charge is 0.179 e. The van der Waals surface area contributed by atoms with Gasteiger partial charge in [0.15, 0.2) is 8.07 Å². The van der Waals surface area contributed by atoms with Gasteiger partial charge in [-0.05, 0) is 81.4 Å². The lowest BCUT2D eigenvalue weighted by atomic mass is 10.1. The van der Waals surface area contributed by atoms with E-state index in [0.29, 0.717) is 0 Å². The van der Waals surface area contributed by atoms with Gasteiger partial charge < -0.3 is 9.13 Å². The van der Waals surface area contributed by atoms with Gasteiger partial charge >= 0.3 is 0 Å². The Morgan fingerprint density at radius 1 is 0.393 bits per heavy atom. The molecular weight excluding hydrogens is 759 g/mol. The SMILES string of the molecule is Cn1c(-c2cccc([Si](c3ccccc3)(c3ccccc3)c3ccc4c5cc6c7ccccc7n(-c7ccccc7)c6cc5n(-c5ccccn5)c4c3)c2)nc2ccccc21. The van der Waals surface area contributed by atoms with E-state index >= 15 is 0 Å². The molecule has 0 aliphatic rings. The van der Waals surface area contributed by atoms with E-state index in [-0.39, 0.29) is 0 Å². The van der Waals surface area contributed by atoms with Gasteiger partial charge in [0, 0.05) is 46.0 Å². The first-order valence-corrected chi connectivity index (χ1v) is 22.8. The van der Waals surface area contributed by atoms with Crippen molar-refractivity contribution in [2.45, 2.75) is 0 Å². The van der Waals surface area contributed by atoms with E-state index in [1.165, 1.54) is 47.8 Å². The summed E-state index contributed by atoms with van der Waals surface area (Å²) in [5.74, 6) is 1.84. The molecule has 0 N–H and O–H groups in total. The van der Waals surface area contributed by atoms with Crippen LogP contribution in [0.1, 0.15) is 0 Å². The van der Waals surface area contributed by atoms with E-state index < -0.39 is 8.07 Å². The van der Waals surface area contributed by atoms with Crippen molar-refractivity contribution in [1.82, 2.24) is 23.7 Å². The minimum atomic E-state index is -3.01. The van der Waals surface area contributed by atoms with Crippen LogP contribution in [0, 0.1) is 0 Å². The molecule has 0 aliphatic heterocycles. The maximum Gasteiger partial charge on any atom is 0.179 e. The van der Waals surface area contributed by atoms with Crippen molar-refractivity contribution in [3.63, 3.8) is 0 Å². The first kappa shape index (κ1) is 35.2. The summed E-state index contributed by atoms with van der Waals surface area (Å²) in [7, 11) is -0.890. The number of para-hydroxylation sites is 4. The van der Waals surface area contributed by atoms with Crippen LogP contribution in [-0.2, 0) is 7.05 Å². The van der Waals surface area contributed by atoms with E-state index in [9.17, 15) is 0 Å². The Hall–Kier alpha value is -7.80. The summed E-state index contributed by atoms with van der Waals surface area (Å²) in [6.07, 6.45) is 1.90. The number of aromatic nitrogens is 5. The summed E-state index contributed by atoms with van der Waals surface area (Å²) in [6.45, 7) is 0. The number of benzene rings is 8. The Kier molecular flexibility index (Phi) is 8.02. The molecule has 0 saturated carbocycles. The fourth-order valence-electron chi connectivity index (χ4n) is 9.97. The number of fused-ring (bicyclic) bond motifs is 7. The Bertz CT molecular complexity index is 3550. The summed E-state index contributed by atoms with van der Waals surface area (Å²) >= 11 is 0. The van der Waals surface area contributed by atoms with Crippen LogP contribution in [0.2, 0.25) is 0 Å². The predicted molar refractivity (Wildman–Crippen MR) is 256 cm³/mol. The molecule has 0 amide bonds. The van der Waals surface area contributed by atoms with Crippen molar-refractivity contribution >= 4 is 83.5 Å². The van der Waals surface area contributed by atoms with Crippen molar-refractivity contribution in [3.8, 4) is 22.9 Å². The van der Waals surface area contributed by atoms with Crippen LogP contribution in [0.25, 0.3) is 77.5 Å². The van der Waals surface area contributed by atoms with Gasteiger partial charge in [-0.15, -0.1) is 0 Å². The number of hydrogen-bond donors (Lipinski definition) is 0. The van der Waals surface area contributed by atoms with Gasteiger partial charge in [0.1, 0.15) is 11.6 Å². The number of pyridine rings is 1. The molecule has 288 valence electrons. The lowest BCUT2D eigenvalue weighted by Crippen LogP contribution is -2.74. The molecule has 0 saturated heterocycles. The van der Waals surface area contributed by atoms with Crippen LogP contribution in [0.5, 0.6) is 0 Å².